The number of nitrogen functional groups attached to an aromatic ring is 1. The molecule has 16 heteroatoms. The molecule has 1 aliphatic rings. The Morgan fingerprint density at radius 3 is 2.34 bits per heavy atom. The summed E-state index contributed by atoms with van der Waals surface area (Å²) in [5, 5.41) is 17.2. The van der Waals surface area contributed by atoms with Crippen LogP contribution in [0.15, 0.2) is 24.3 Å². The first kappa shape index (κ1) is 29.5. The predicted octanol–water partition coefficient (Wildman–Crippen LogP) is 1.54. The second-order valence-electron chi connectivity index (χ2n) is 10.0. The molecule has 12 nitrogen and oxygen atoms in total. The highest BCUT2D eigenvalue weighted by atomic mass is 32.2. The molecule has 0 saturated carbocycles. The number of hydrogen-bond acceptors (Lipinski definition) is 8. The van der Waals surface area contributed by atoms with Gasteiger partial charge in [0.25, 0.3) is 16.1 Å². The number of alkyl halides is 3. The topological polar surface area (TPSA) is 162 Å². The number of carbonyl (C=O) groups is 1. The fourth-order valence-corrected chi connectivity index (χ4v) is 5.09. The largest absolute Gasteiger partial charge is 0.407 e. The van der Waals surface area contributed by atoms with E-state index in [4.69, 9.17) is 11.1 Å². The Hall–Kier alpha value is -3.08. The van der Waals surface area contributed by atoms with Gasteiger partial charge in [-0.15, -0.1) is 5.10 Å². The molecule has 5 N–H and O–H groups in total. The van der Waals surface area contributed by atoms with Crippen LogP contribution in [-0.2, 0) is 16.8 Å². The lowest BCUT2D eigenvalue weighted by Crippen LogP contribution is -2.62. The fourth-order valence-electron chi connectivity index (χ4n) is 3.82. The number of nitrogens with zero attached hydrogens (tertiary/aromatic N) is 5. The molecule has 2 unspecified atom stereocenters. The number of nitrogens with one attached hydrogen (secondary N) is 3. The van der Waals surface area contributed by atoms with E-state index in [1.165, 1.54) is 0 Å². The van der Waals surface area contributed by atoms with Crippen LogP contribution in [0.3, 0.4) is 0 Å². The molecule has 0 aliphatic carbocycles. The highest BCUT2D eigenvalue weighted by Crippen LogP contribution is 2.37. The van der Waals surface area contributed by atoms with Crippen LogP contribution in [-0.4, -0.2) is 82.9 Å². The van der Waals surface area contributed by atoms with Crippen LogP contribution < -0.4 is 16.4 Å². The van der Waals surface area contributed by atoms with E-state index >= 15 is 0 Å². The molecular formula is C22H32F3N9O3S. The number of carbonyl (C=O) groups excluding carboxylic acids is 1. The van der Waals surface area contributed by atoms with E-state index in [1.807, 2.05) is 0 Å². The van der Waals surface area contributed by atoms with Crippen LogP contribution >= 0.6 is 0 Å². The Morgan fingerprint density at radius 2 is 1.84 bits per heavy atom. The van der Waals surface area contributed by atoms with E-state index in [-0.39, 0.29) is 30.7 Å². The summed E-state index contributed by atoms with van der Waals surface area (Å²) in [6, 6.07) is 2.50. The van der Waals surface area contributed by atoms with Crippen molar-refractivity contribution in [1.82, 2.24) is 28.7 Å². The molecule has 3 rings (SSSR count). The fraction of sp³-hybridized carbons (Fsp3) is 0.545. The van der Waals surface area contributed by atoms with Crippen LogP contribution in [0, 0.1) is 10.8 Å². The summed E-state index contributed by atoms with van der Waals surface area (Å²) in [6.07, 6.45) is -4.97. The number of benzene rings is 1. The van der Waals surface area contributed by atoms with E-state index in [9.17, 15) is 26.4 Å². The van der Waals surface area contributed by atoms with Gasteiger partial charge in [0.1, 0.15) is 11.9 Å². The van der Waals surface area contributed by atoms with Crippen molar-refractivity contribution >= 4 is 27.9 Å². The minimum absolute atomic E-state index is 0.0860. The molecule has 0 bridgehead atoms. The molecule has 38 heavy (non-hydrogen) atoms. The molecule has 210 valence electrons. The zero-order chi connectivity index (χ0) is 28.6. The summed E-state index contributed by atoms with van der Waals surface area (Å²) in [6.45, 7) is 4.52. The summed E-state index contributed by atoms with van der Waals surface area (Å²) in [5.74, 6) is -1.10. The molecule has 2 heterocycles. The van der Waals surface area contributed by atoms with E-state index in [0.717, 1.165) is 24.3 Å². The van der Waals surface area contributed by atoms with Crippen LogP contribution in [0.25, 0.3) is 0 Å². The number of amidine groups is 1. The van der Waals surface area contributed by atoms with Crippen LogP contribution in [0.1, 0.15) is 48.6 Å². The highest BCUT2D eigenvalue weighted by Gasteiger charge is 2.55. The lowest BCUT2D eigenvalue weighted by molar-refractivity contribution is -0.185. The van der Waals surface area contributed by atoms with Crippen molar-refractivity contribution in [1.29, 1.82) is 5.41 Å². The van der Waals surface area contributed by atoms with Gasteiger partial charge in [0.15, 0.2) is 5.82 Å². The van der Waals surface area contributed by atoms with Crippen molar-refractivity contribution in [2.45, 2.75) is 45.6 Å². The number of piperazine rings is 1. The third-order valence-corrected chi connectivity index (χ3v) is 7.79. The molecule has 1 saturated heterocycles. The number of anilines is 1. The standard InChI is InChI=1S/C22H32F3N9O3S/c1-21(2,3)19(35)34-20(29-12-13-6-8-14(9-7-13)17(26)27)30-18(31-34)15-16(22(23,24)25)33(11-10-28-15)38(36,37)32(4)5/h6-9,15-16,28H,10-12H2,1-5H3,(H3,26,27)(H,29,30,31). The number of hydrogen-bond donors (Lipinski definition) is 4. The highest BCUT2D eigenvalue weighted by molar-refractivity contribution is 7.86. The van der Waals surface area contributed by atoms with Crippen molar-refractivity contribution in [2.75, 3.05) is 32.5 Å². The van der Waals surface area contributed by atoms with Gasteiger partial charge in [-0.2, -0.15) is 39.9 Å². The van der Waals surface area contributed by atoms with Gasteiger partial charge >= 0.3 is 6.18 Å². The molecule has 0 amide bonds. The molecule has 0 spiro atoms. The van der Waals surface area contributed by atoms with Gasteiger partial charge in [-0.3, -0.25) is 10.2 Å². The van der Waals surface area contributed by atoms with Crippen LogP contribution in [0.4, 0.5) is 19.1 Å². The van der Waals surface area contributed by atoms with Gasteiger partial charge in [0, 0.05) is 44.7 Å². The normalized spacial score (nSPS) is 19.5. The molecule has 1 aliphatic heterocycles. The molecule has 0 radical (unpaired) electrons. The maximum Gasteiger partial charge on any atom is 0.407 e. The van der Waals surface area contributed by atoms with Crippen LogP contribution in [0.2, 0.25) is 0 Å². The van der Waals surface area contributed by atoms with E-state index < -0.39 is 46.3 Å². The Morgan fingerprint density at radius 1 is 1.24 bits per heavy atom. The Balaban J connectivity index is 2.03. The van der Waals surface area contributed by atoms with E-state index in [0.29, 0.717) is 14.2 Å². The second kappa shape index (κ2) is 10.6. The minimum atomic E-state index is -4.97. The van der Waals surface area contributed by atoms with Gasteiger partial charge < -0.3 is 16.4 Å². The van der Waals surface area contributed by atoms with Crippen molar-refractivity contribution in [3.63, 3.8) is 0 Å². The first-order chi connectivity index (χ1) is 17.4. The lowest BCUT2D eigenvalue weighted by atomic mass is 9.96. The first-order valence-corrected chi connectivity index (χ1v) is 13.0. The van der Waals surface area contributed by atoms with Crippen molar-refractivity contribution < 1.29 is 26.4 Å². The molecule has 1 aromatic carbocycles. The van der Waals surface area contributed by atoms with Gasteiger partial charge in [-0.1, -0.05) is 45.0 Å². The van der Waals surface area contributed by atoms with Gasteiger partial charge in [-0.05, 0) is 5.56 Å². The smallest absolute Gasteiger partial charge is 0.384 e. The average molecular weight is 560 g/mol. The lowest BCUT2D eigenvalue weighted by Gasteiger charge is -2.41. The third-order valence-electron chi connectivity index (χ3n) is 5.87. The summed E-state index contributed by atoms with van der Waals surface area (Å²) < 4.78 is 70.4. The Kier molecular flexibility index (Phi) is 8.21. The quantitative estimate of drug-likeness (QED) is 0.293. The average Bonchev–Trinajstić information content (AvgIpc) is 3.24. The van der Waals surface area contributed by atoms with Crippen molar-refractivity contribution in [3.05, 3.63) is 41.2 Å². The Labute approximate surface area is 219 Å². The summed E-state index contributed by atoms with van der Waals surface area (Å²) >= 11 is 0. The summed E-state index contributed by atoms with van der Waals surface area (Å²) in [7, 11) is -2.13. The maximum absolute atomic E-state index is 14.3. The van der Waals surface area contributed by atoms with Gasteiger partial charge in [0.2, 0.25) is 5.95 Å². The molecule has 2 atom stereocenters. The zero-order valence-corrected chi connectivity index (χ0v) is 22.5. The predicted molar refractivity (Wildman–Crippen MR) is 135 cm³/mol. The number of nitrogens with two attached hydrogens (primary N) is 1. The molecule has 1 fully saturated rings. The van der Waals surface area contributed by atoms with Crippen molar-refractivity contribution in [2.24, 2.45) is 11.1 Å². The maximum atomic E-state index is 14.3. The summed E-state index contributed by atoms with van der Waals surface area (Å²) in [4.78, 5) is 17.4. The SMILES string of the molecule is CN(C)S(=O)(=O)N1CCNC(c2nc(NCc3ccc(C(=N)N)cc3)n(C(=O)C(C)(C)C)n2)C1C(F)(F)F. The van der Waals surface area contributed by atoms with E-state index in [1.54, 1.807) is 45.0 Å². The number of rotatable bonds is 7. The monoisotopic (exact) mass is 559 g/mol. The molecular weight excluding hydrogens is 527 g/mol. The van der Waals surface area contributed by atoms with Gasteiger partial charge in [0.05, 0.1) is 6.04 Å². The second-order valence-corrected chi connectivity index (χ2v) is 12.1. The molecule has 2 aromatic rings. The first-order valence-electron chi connectivity index (χ1n) is 11.6. The summed E-state index contributed by atoms with van der Waals surface area (Å²) in [5.41, 5.74) is 5.76. The molecule has 1 aromatic heterocycles. The van der Waals surface area contributed by atoms with Gasteiger partial charge in [-0.25, -0.2) is 0 Å². The van der Waals surface area contributed by atoms with Crippen molar-refractivity contribution in [3.8, 4) is 0 Å². The Bertz CT molecular complexity index is 1290. The van der Waals surface area contributed by atoms with Crippen LogP contribution in [0.5, 0.6) is 0 Å². The number of aromatic nitrogens is 3. The third kappa shape index (κ3) is 6.14. The van der Waals surface area contributed by atoms with E-state index in [2.05, 4.69) is 20.7 Å². The number of halogens is 3. The zero-order valence-electron chi connectivity index (χ0n) is 21.7. The minimum Gasteiger partial charge on any atom is -0.384 e.